The van der Waals surface area contributed by atoms with Crippen LogP contribution >= 0.6 is 15.9 Å². The average molecular weight is 541 g/mol. The molecule has 2 heterocycles. The molecular weight excluding hydrogens is 520 g/mol. The van der Waals surface area contributed by atoms with Crippen LogP contribution in [0.4, 0.5) is 5.82 Å². The van der Waals surface area contributed by atoms with Crippen LogP contribution in [-0.2, 0) is 6.61 Å². The summed E-state index contributed by atoms with van der Waals surface area (Å²) in [6.45, 7) is 4.06. The quantitative estimate of drug-likeness (QED) is 0.253. The van der Waals surface area contributed by atoms with Gasteiger partial charge in [-0.1, -0.05) is 29.5 Å². The Kier molecular flexibility index (Phi) is 7.06. The number of hydrazone groups is 1. The second kappa shape index (κ2) is 10.3. The second-order valence-corrected chi connectivity index (χ2v) is 8.20. The fourth-order valence-electron chi connectivity index (χ4n) is 3.19. The Morgan fingerprint density at radius 1 is 1.29 bits per heavy atom. The molecule has 1 amide bonds. The lowest BCUT2D eigenvalue weighted by atomic mass is 10.1. The van der Waals surface area contributed by atoms with E-state index in [-0.39, 0.29) is 17.3 Å². The maximum Gasteiger partial charge on any atom is 0.292 e. The summed E-state index contributed by atoms with van der Waals surface area (Å²) in [7, 11) is 1.53. The van der Waals surface area contributed by atoms with E-state index in [0.29, 0.717) is 33.8 Å². The Morgan fingerprint density at radius 2 is 2.09 bits per heavy atom. The summed E-state index contributed by atoms with van der Waals surface area (Å²) in [4.78, 5) is 12.8. The number of halogens is 1. The van der Waals surface area contributed by atoms with Crippen molar-refractivity contribution in [2.24, 2.45) is 5.10 Å². The molecule has 3 N–H and O–H groups in total. The molecule has 180 valence electrons. The molecule has 35 heavy (non-hydrogen) atoms. The van der Waals surface area contributed by atoms with E-state index in [4.69, 9.17) is 15.2 Å². The van der Waals surface area contributed by atoms with Crippen molar-refractivity contribution in [2.75, 3.05) is 12.8 Å². The number of anilines is 1. The van der Waals surface area contributed by atoms with E-state index in [2.05, 4.69) is 51.7 Å². The number of benzene rings is 2. The van der Waals surface area contributed by atoms with Gasteiger partial charge in [0.15, 0.2) is 5.69 Å². The van der Waals surface area contributed by atoms with Gasteiger partial charge in [0.25, 0.3) is 5.91 Å². The molecule has 0 aliphatic heterocycles. The summed E-state index contributed by atoms with van der Waals surface area (Å²) in [6.07, 6.45) is 1.45. The van der Waals surface area contributed by atoms with Crippen LogP contribution in [0.2, 0.25) is 0 Å². The first-order valence-electron chi connectivity index (χ1n) is 10.3. The van der Waals surface area contributed by atoms with Gasteiger partial charge in [-0.15, -0.1) is 5.10 Å². The SMILES string of the molecule is COc1cc(OCc2ccccc2C)cc(Br)c1/C=N/NC(=O)c1c(C)nnn1-c1nonc1N. The van der Waals surface area contributed by atoms with E-state index in [1.165, 1.54) is 13.3 Å². The van der Waals surface area contributed by atoms with Gasteiger partial charge < -0.3 is 15.2 Å². The van der Waals surface area contributed by atoms with Crippen molar-refractivity contribution in [3.8, 4) is 17.3 Å². The summed E-state index contributed by atoms with van der Waals surface area (Å²) in [5.74, 6) is 0.541. The normalized spacial score (nSPS) is 11.1. The van der Waals surface area contributed by atoms with Crippen molar-refractivity contribution in [3.63, 3.8) is 0 Å². The van der Waals surface area contributed by atoms with Crippen LogP contribution < -0.4 is 20.6 Å². The number of hydrogen-bond donors (Lipinski definition) is 2. The molecule has 0 fully saturated rings. The predicted octanol–water partition coefficient (Wildman–Crippen LogP) is 2.96. The van der Waals surface area contributed by atoms with Crippen molar-refractivity contribution in [1.29, 1.82) is 0 Å². The number of amides is 1. The number of nitrogen functional groups attached to an aromatic ring is 1. The summed E-state index contributed by atoms with van der Waals surface area (Å²) in [6, 6.07) is 11.5. The summed E-state index contributed by atoms with van der Waals surface area (Å²) < 4.78 is 17.8. The smallest absolute Gasteiger partial charge is 0.292 e. The topological polar surface area (TPSA) is 156 Å². The minimum absolute atomic E-state index is 0.0362. The first-order valence-corrected chi connectivity index (χ1v) is 11.1. The number of nitrogens with zero attached hydrogens (tertiary/aromatic N) is 6. The number of carbonyl (C=O) groups is 1. The van der Waals surface area contributed by atoms with Gasteiger partial charge in [0, 0.05) is 10.5 Å². The molecule has 0 bridgehead atoms. The average Bonchev–Trinajstić information content (AvgIpc) is 3.44. The zero-order valence-corrected chi connectivity index (χ0v) is 20.6. The van der Waals surface area contributed by atoms with Gasteiger partial charge in [-0.3, -0.25) is 4.79 Å². The van der Waals surface area contributed by atoms with Gasteiger partial charge >= 0.3 is 0 Å². The minimum Gasteiger partial charge on any atom is -0.496 e. The van der Waals surface area contributed by atoms with Crippen molar-refractivity contribution in [2.45, 2.75) is 20.5 Å². The molecular formula is C22H21BrN8O4. The monoisotopic (exact) mass is 540 g/mol. The molecule has 0 aliphatic rings. The van der Waals surface area contributed by atoms with Crippen molar-refractivity contribution in [3.05, 3.63) is 68.9 Å². The van der Waals surface area contributed by atoms with E-state index >= 15 is 0 Å². The van der Waals surface area contributed by atoms with Gasteiger partial charge in [0.2, 0.25) is 11.6 Å². The van der Waals surface area contributed by atoms with Crippen molar-refractivity contribution < 1.29 is 18.9 Å². The lowest BCUT2D eigenvalue weighted by Gasteiger charge is -2.13. The van der Waals surface area contributed by atoms with Crippen LogP contribution in [0.25, 0.3) is 5.82 Å². The summed E-state index contributed by atoms with van der Waals surface area (Å²) >= 11 is 3.52. The molecule has 13 heteroatoms. The molecule has 12 nitrogen and oxygen atoms in total. The molecule has 2 aromatic heterocycles. The molecule has 0 unspecified atom stereocenters. The van der Waals surface area contributed by atoms with E-state index in [1.807, 2.05) is 31.2 Å². The van der Waals surface area contributed by atoms with Gasteiger partial charge in [0.1, 0.15) is 18.1 Å². The number of carbonyl (C=O) groups excluding carboxylic acids is 1. The number of nitrogens with one attached hydrogen (secondary N) is 1. The third kappa shape index (κ3) is 5.14. The Hall–Kier alpha value is -4.26. The van der Waals surface area contributed by atoms with Crippen molar-refractivity contribution >= 4 is 33.9 Å². The number of nitrogens with two attached hydrogens (primary N) is 1. The Bertz CT molecular complexity index is 1400. The van der Waals surface area contributed by atoms with Crippen molar-refractivity contribution in [1.82, 2.24) is 30.7 Å². The molecule has 0 aliphatic carbocycles. The van der Waals surface area contributed by atoms with Gasteiger partial charge in [0.05, 0.1) is 24.6 Å². The van der Waals surface area contributed by atoms with E-state index in [9.17, 15) is 4.79 Å². The van der Waals surface area contributed by atoms with Crippen LogP contribution in [0.3, 0.4) is 0 Å². The Balaban J connectivity index is 1.50. The molecule has 2 aromatic carbocycles. The van der Waals surface area contributed by atoms with Crippen LogP contribution in [0.1, 0.15) is 32.9 Å². The third-order valence-corrected chi connectivity index (χ3v) is 5.71. The van der Waals surface area contributed by atoms with E-state index in [1.54, 1.807) is 19.1 Å². The highest BCUT2D eigenvalue weighted by Gasteiger charge is 2.23. The first kappa shape index (κ1) is 23.9. The molecule has 0 spiro atoms. The van der Waals surface area contributed by atoms with Crippen LogP contribution in [-0.4, -0.2) is 44.5 Å². The van der Waals surface area contributed by atoms with Gasteiger partial charge in [-0.2, -0.15) is 9.78 Å². The molecule has 0 saturated heterocycles. The van der Waals surface area contributed by atoms with E-state index < -0.39 is 5.91 Å². The van der Waals surface area contributed by atoms with Crippen LogP contribution in [0.15, 0.2) is 50.6 Å². The fraction of sp³-hybridized carbons (Fsp3) is 0.182. The zero-order valence-electron chi connectivity index (χ0n) is 19.0. The lowest BCUT2D eigenvalue weighted by molar-refractivity contribution is 0.0946. The number of ether oxygens (including phenoxy) is 2. The zero-order chi connectivity index (χ0) is 24.9. The standard InChI is InChI=1S/C22H21BrN8O4/c1-12-6-4-5-7-14(12)11-34-15-8-17(23)16(18(9-15)33-3)10-25-27-22(32)19-13(2)26-30-31(19)21-20(24)28-35-29-21/h4-10H,11H2,1-3H3,(H2,24,28)(H,27,32)/b25-10+. The number of rotatable bonds is 8. The maximum atomic E-state index is 12.8. The Morgan fingerprint density at radius 3 is 2.80 bits per heavy atom. The predicted molar refractivity (Wildman–Crippen MR) is 130 cm³/mol. The number of hydrogen-bond acceptors (Lipinski definition) is 10. The second-order valence-electron chi connectivity index (χ2n) is 7.34. The third-order valence-electron chi connectivity index (χ3n) is 5.05. The lowest BCUT2D eigenvalue weighted by Crippen LogP contribution is -2.23. The number of aromatic nitrogens is 5. The Labute approximate surface area is 208 Å². The fourth-order valence-corrected chi connectivity index (χ4v) is 3.72. The molecule has 4 rings (SSSR count). The van der Waals surface area contributed by atoms with Gasteiger partial charge in [-0.05, 0) is 57.3 Å². The van der Waals surface area contributed by atoms with Crippen LogP contribution in [0, 0.1) is 13.8 Å². The molecule has 0 radical (unpaired) electrons. The molecule has 0 saturated carbocycles. The summed E-state index contributed by atoms with van der Waals surface area (Å²) in [5.41, 5.74) is 11.4. The summed E-state index contributed by atoms with van der Waals surface area (Å²) in [5, 5.41) is 19.0. The minimum atomic E-state index is -0.584. The molecule has 0 atom stereocenters. The first-order chi connectivity index (χ1) is 16.9. The highest BCUT2D eigenvalue weighted by atomic mass is 79.9. The highest BCUT2D eigenvalue weighted by molar-refractivity contribution is 9.10. The highest BCUT2D eigenvalue weighted by Crippen LogP contribution is 2.32. The maximum absolute atomic E-state index is 12.8. The number of aryl methyl sites for hydroxylation is 2. The largest absolute Gasteiger partial charge is 0.496 e. The van der Waals surface area contributed by atoms with Gasteiger partial charge in [-0.25, -0.2) is 10.1 Å². The van der Waals surface area contributed by atoms with E-state index in [0.717, 1.165) is 15.8 Å². The van der Waals surface area contributed by atoms with Crippen LogP contribution in [0.5, 0.6) is 11.5 Å². The number of methoxy groups -OCH3 is 1. The molecule has 4 aromatic rings.